The molecule has 4 heteroatoms. The Balaban J connectivity index is 2.49. The Morgan fingerprint density at radius 1 is 1.16 bits per heavy atom. The van der Waals surface area contributed by atoms with Crippen LogP contribution in [0.5, 0.6) is 0 Å². The fourth-order valence-corrected chi connectivity index (χ4v) is 2.13. The molecule has 2 rings (SSSR count). The van der Waals surface area contributed by atoms with Gasteiger partial charge in [0.25, 0.3) is 0 Å². The Bertz CT molecular complexity index is 581. The van der Waals surface area contributed by atoms with Crippen molar-refractivity contribution < 1.29 is 4.79 Å². The fourth-order valence-electron chi connectivity index (χ4n) is 2.13. The van der Waals surface area contributed by atoms with Gasteiger partial charge in [0.2, 0.25) is 5.91 Å². The number of carbonyl (C=O) groups is 1. The van der Waals surface area contributed by atoms with Crippen LogP contribution in [0.1, 0.15) is 27.5 Å². The van der Waals surface area contributed by atoms with Crippen LogP contribution in [0.4, 0.5) is 5.69 Å². The van der Waals surface area contributed by atoms with Gasteiger partial charge in [-0.2, -0.15) is 0 Å². The molecule has 2 aromatic carbocycles. The lowest BCUT2D eigenvalue weighted by Gasteiger charge is -2.19. The van der Waals surface area contributed by atoms with E-state index in [-0.39, 0.29) is 6.04 Å². The van der Waals surface area contributed by atoms with Crippen LogP contribution in [0.15, 0.2) is 48.5 Å². The van der Waals surface area contributed by atoms with Gasteiger partial charge in [-0.05, 0) is 36.4 Å². The van der Waals surface area contributed by atoms with Crippen molar-refractivity contribution >= 4 is 11.6 Å². The summed E-state index contributed by atoms with van der Waals surface area (Å²) in [5.74, 6) is -0.454. The fraction of sp³-hybridized carbons (Fsp3) is 0.133. The van der Waals surface area contributed by atoms with E-state index in [4.69, 9.17) is 11.5 Å². The molecule has 0 radical (unpaired) electrons. The molecule has 4 nitrogen and oxygen atoms in total. The summed E-state index contributed by atoms with van der Waals surface area (Å²) in [4.78, 5) is 11.3. The standard InChI is InChI=1S/C15H17N3O/c1-18-14(10-5-3-2-4-6-10)12-9-11(15(17)19)7-8-13(12)16/h2-9,14,18H,16H2,1H3,(H2,17,19). The van der Waals surface area contributed by atoms with Crippen molar-refractivity contribution in [2.24, 2.45) is 5.73 Å². The molecule has 0 saturated carbocycles. The Kier molecular flexibility index (Phi) is 3.82. The Labute approximate surface area is 112 Å². The zero-order valence-electron chi connectivity index (χ0n) is 10.8. The van der Waals surface area contributed by atoms with E-state index in [1.165, 1.54) is 0 Å². The predicted octanol–water partition coefficient (Wildman–Crippen LogP) is 1.68. The van der Waals surface area contributed by atoms with E-state index in [1.54, 1.807) is 18.2 Å². The van der Waals surface area contributed by atoms with E-state index >= 15 is 0 Å². The number of rotatable bonds is 4. The third-order valence-corrected chi connectivity index (χ3v) is 3.10. The molecule has 0 aliphatic heterocycles. The van der Waals surface area contributed by atoms with Gasteiger partial charge in [-0.25, -0.2) is 0 Å². The SMILES string of the molecule is CNC(c1ccccc1)c1cc(C(N)=O)ccc1N. The van der Waals surface area contributed by atoms with Gasteiger partial charge in [0, 0.05) is 11.3 Å². The van der Waals surface area contributed by atoms with Crippen molar-refractivity contribution in [1.29, 1.82) is 0 Å². The molecular weight excluding hydrogens is 238 g/mol. The summed E-state index contributed by atoms with van der Waals surface area (Å²) in [7, 11) is 1.86. The van der Waals surface area contributed by atoms with E-state index in [0.29, 0.717) is 11.3 Å². The maximum absolute atomic E-state index is 11.3. The summed E-state index contributed by atoms with van der Waals surface area (Å²) in [6, 6.07) is 14.9. The zero-order valence-corrected chi connectivity index (χ0v) is 10.8. The first-order valence-corrected chi connectivity index (χ1v) is 6.05. The van der Waals surface area contributed by atoms with E-state index in [1.807, 2.05) is 37.4 Å². The van der Waals surface area contributed by atoms with Gasteiger partial charge in [-0.3, -0.25) is 4.79 Å². The molecule has 1 atom stereocenters. The van der Waals surface area contributed by atoms with Crippen LogP contribution in [-0.4, -0.2) is 13.0 Å². The first kappa shape index (κ1) is 13.1. The van der Waals surface area contributed by atoms with Crippen molar-refractivity contribution in [3.8, 4) is 0 Å². The molecule has 2 aromatic rings. The number of anilines is 1. The Morgan fingerprint density at radius 3 is 2.42 bits per heavy atom. The molecule has 0 bridgehead atoms. The lowest BCUT2D eigenvalue weighted by Crippen LogP contribution is -2.20. The van der Waals surface area contributed by atoms with Gasteiger partial charge in [-0.1, -0.05) is 30.3 Å². The molecule has 0 fully saturated rings. The molecule has 0 aliphatic carbocycles. The summed E-state index contributed by atoms with van der Waals surface area (Å²) in [5, 5.41) is 3.21. The lowest BCUT2D eigenvalue weighted by molar-refractivity contribution is 0.1000. The Hall–Kier alpha value is -2.33. The van der Waals surface area contributed by atoms with Crippen molar-refractivity contribution in [1.82, 2.24) is 5.32 Å². The molecule has 98 valence electrons. The van der Waals surface area contributed by atoms with Crippen LogP contribution in [0, 0.1) is 0 Å². The second-order valence-corrected chi connectivity index (χ2v) is 4.34. The van der Waals surface area contributed by atoms with Gasteiger partial charge in [0.15, 0.2) is 0 Å². The summed E-state index contributed by atoms with van der Waals surface area (Å²) in [6.45, 7) is 0. The highest BCUT2D eigenvalue weighted by atomic mass is 16.1. The molecule has 0 heterocycles. The van der Waals surface area contributed by atoms with E-state index in [0.717, 1.165) is 11.1 Å². The van der Waals surface area contributed by atoms with Gasteiger partial charge >= 0.3 is 0 Å². The average molecular weight is 255 g/mol. The normalized spacial score (nSPS) is 12.1. The molecule has 1 amide bonds. The van der Waals surface area contributed by atoms with E-state index in [2.05, 4.69) is 5.32 Å². The molecule has 1 unspecified atom stereocenters. The smallest absolute Gasteiger partial charge is 0.248 e. The number of carbonyl (C=O) groups excluding carboxylic acids is 1. The zero-order chi connectivity index (χ0) is 13.8. The quantitative estimate of drug-likeness (QED) is 0.727. The molecule has 0 aliphatic rings. The summed E-state index contributed by atoms with van der Waals surface area (Å²) in [6.07, 6.45) is 0. The molecular formula is C15H17N3O. The highest BCUT2D eigenvalue weighted by molar-refractivity contribution is 5.93. The highest BCUT2D eigenvalue weighted by Crippen LogP contribution is 2.27. The molecule has 0 aromatic heterocycles. The van der Waals surface area contributed by atoms with Crippen LogP contribution >= 0.6 is 0 Å². The predicted molar refractivity (Wildman–Crippen MR) is 76.7 cm³/mol. The highest BCUT2D eigenvalue weighted by Gasteiger charge is 2.16. The maximum atomic E-state index is 11.3. The number of nitrogen functional groups attached to an aromatic ring is 1. The lowest BCUT2D eigenvalue weighted by atomic mass is 9.95. The van der Waals surface area contributed by atoms with Crippen molar-refractivity contribution in [2.45, 2.75) is 6.04 Å². The number of amides is 1. The van der Waals surface area contributed by atoms with Crippen LogP contribution in [0.3, 0.4) is 0 Å². The Morgan fingerprint density at radius 2 is 1.84 bits per heavy atom. The molecule has 5 N–H and O–H groups in total. The summed E-state index contributed by atoms with van der Waals surface area (Å²) >= 11 is 0. The largest absolute Gasteiger partial charge is 0.398 e. The number of primary amides is 1. The second-order valence-electron chi connectivity index (χ2n) is 4.34. The number of hydrogen-bond acceptors (Lipinski definition) is 3. The first-order valence-electron chi connectivity index (χ1n) is 6.05. The molecule has 0 spiro atoms. The minimum Gasteiger partial charge on any atom is -0.398 e. The van der Waals surface area contributed by atoms with Crippen LogP contribution < -0.4 is 16.8 Å². The summed E-state index contributed by atoms with van der Waals surface area (Å²) in [5.41, 5.74) is 14.3. The number of nitrogens with one attached hydrogen (secondary N) is 1. The van der Waals surface area contributed by atoms with Gasteiger partial charge < -0.3 is 16.8 Å². The third-order valence-electron chi connectivity index (χ3n) is 3.10. The minimum absolute atomic E-state index is 0.0690. The van der Waals surface area contributed by atoms with Crippen molar-refractivity contribution in [3.63, 3.8) is 0 Å². The number of hydrogen-bond donors (Lipinski definition) is 3. The minimum atomic E-state index is -0.454. The second kappa shape index (κ2) is 5.54. The number of benzene rings is 2. The maximum Gasteiger partial charge on any atom is 0.248 e. The van der Waals surface area contributed by atoms with Crippen molar-refractivity contribution in [2.75, 3.05) is 12.8 Å². The molecule has 0 saturated heterocycles. The van der Waals surface area contributed by atoms with Crippen LogP contribution in [-0.2, 0) is 0 Å². The van der Waals surface area contributed by atoms with Gasteiger partial charge in [-0.15, -0.1) is 0 Å². The van der Waals surface area contributed by atoms with Crippen LogP contribution in [0.2, 0.25) is 0 Å². The van der Waals surface area contributed by atoms with Gasteiger partial charge in [0.1, 0.15) is 0 Å². The van der Waals surface area contributed by atoms with E-state index in [9.17, 15) is 4.79 Å². The molecule has 19 heavy (non-hydrogen) atoms. The summed E-state index contributed by atoms with van der Waals surface area (Å²) < 4.78 is 0. The topological polar surface area (TPSA) is 81.1 Å². The van der Waals surface area contributed by atoms with Gasteiger partial charge in [0.05, 0.1) is 6.04 Å². The monoisotopic (exact) mass is 255 g/mol. The van der Waals surface area contributed by atoms with E-state index < -0.39 is 5.91 Å². The van der Waals surface area contributed by atoms with Crippen molar-refractivity contribution in [3.05, 3.63) is 65.2 Å². The first-order chi connectivity index (χ1) is 9.13. The number of nitrogens with two attached hydrogens (primary N) is 2. The van der Waals surface area contributed by atoms with Crippen LogP contribution in [0.25, 0.3) is 0 Å². The third kappa shape index (κ3) is 2.74. The average Bonchev–Trinajstić information content (AvgIpc) is 2.42.